The molecule has 2 aromatic rings. The van der Waals surface area contributed by atoms with E-state index >= 15 is 0 Å². The number of ether oxygens (including phenoxy) is 1. The number of halogens is 3. The van der Waals surface area contributed by atoms with E-state index in [0.29, 0.717) is 30.6 Å². The number of rotatable bonds is 4. The summed E-state index contributed by atoms with van der Waals surface area (Å²) in [7, 11) is 1.36. The number of pyridine rings is 2. The van der Waals surface area contributed by atoms with E-state index in [1.807, 2.05) is 4.90 Å². The number of carbonyl (C=O) groups is 1. The molecule has 25 heavy (non-hydrogen) atoms. The van der Waals surface area contributed by atoms with Gasteiger partial charge < -0.3 is 9.64 Å². The van der Waals surface area contributed by atoms with E-state index in [-0.39, 0.29) is 11.9 Å². The van der Waals surface area contributed by atoms with Crippen LogP contribution in [0.4, 0.5) is 18.9 Å². The van der Waals surface area contributed by atoms with Crippen molar-refractivity contribution in [2.45, 2.75) is 12.6 Å². The molecule has 0 saturated carbocycles. The van der Waals surface area contributed by atoms with Crippen LogP contribution in [0.15, 0.2) is 36.8 Å². The van der Waals surface area contributed by atoms with Crippen LogP contribution in [0.3, 0.4) is 0 Å². The van der Waals surface area contributed by atoms with Crippen molar-refractivity contribution in [1.82, 2.24) is 9.97 Å². The molecule has 5 nitrogen and oxygen atoms in total. The fourth-order valence-corrected chi connectivity index (χ4v) is 2.75. The van der Waals surface area contributed by atoms with Crippen molar-refractivity contribution < 1.29 is 22.7 Å². The maximum Gasteiger partial charge on any atom is 0.433 e. The number of anilines is 1. The smallest absolute Gasteiger partial charge is 0.433 e. The lowest BCUT2D eigenvalue weighted by molar-refractivity contribution is -0.142. The van der Waals surface area contributed by atoms with Crippen molar-refractivity contribution in [2.75, 3.05) is 25.1 Å². The van der Waals surface area contributed by atoms with Crippen LogP contribution in [0.25, 0.3) is 11.1 Å². The number of methoxy groups -OCH3 is 1. The molecule has 1 aliphatic rings. The Bertz CT molecular complexity index is 774. The molecule has 8 heteroatoms. The summed E-state index contributed by atoms with van der Waals surface area (Å²) in [5, 5.41) is 0. The Balaban J connectivity index is 1.74. The molecule has 1 aliphatic heterocycles. The van der Waals surface area contributed by atoms with Gasteiger partial charge >= 0.3 is 12.1 Å². The number of aromatic nitrogens is 2. The molecule has 3 rings (SSSR count). The highest BCUT2D eigenvalue weighted by Crippen LogP contribution is 2.32. The second kappa shape index (κ2) is 6.70. The van der Waals surface area contributed by atoms with Crippen LogP contribution < -0.4 is 4.90 Å². The van der Waals surface area contributed by atoms with Crippen LogP contribution in [0.5, 0.6) is 0 Å². The molecule has 132 valence electrons. The molecular weight excluding hydrogens is 335 g/mol. The van der Waals surface area contributed by atoms with Crippen LogP contribution in [0.1, 0.15) is 12.1 Å². The van der Waals surface area contributed by atoms with Crippen LogP contribution in [-0.2, 0) is 15.7 Å². The van der Waals surface area contributed by atoms with E-state index in [9.17, 15) is 18.0 Å². The number of nitrogens with zero attached hydrogens (tertiary/aromatic N) is 3. The molecule has 0 aromatic carbocycles. The van der Waals surface area contributed by atoms with Gasteiger partial charge in [-0.1, -0.05) is 0 Å². The lowest BCUT2D eigenvalue weighted by Crippen LogP contribution is -2.47. The van der Waals surface area contributed by atoms with Crippen molar-refractivity contribution in [3.63, 3.8) is 0 Å². The fourth-order valence-electron chi connectivity index (χ4n) is 2.75. The lowest BCUT2D eigenvalue weighted by Gasteiger charge is -2.40. The van der Waals surface area contributed by atoms with Gasteiger partial charge in [0.15, 0.2) is 0 Å². The first-order valence-corrected chi connectivity index (χ1v) is 7.67. The fraction of sp³-hybridized carbons (Fsp3) is 0.353. The van der Waals surface area contributed by atoms with Crippen molar-refractivity contribution in [2.24, 2.45) is 5.92 Å². The average molecular weight is 351 g/mol. The number of esters is 1. The van der Waals surface area contributed by atoms with Gasteiger partial charge in [-0.05, 0) is 23.8 Å². The van der Waals surface area contributed by atoms with Gasteiger partial charge in [-0.2, -0.15) is 13.2 Å². The number of carbonyl (C=O) groups excluding carboxylic acids is 1. The predicted octanol–water partition coefficient (Wildman–Crippen LogP) is 3.16. The topological polar surface area (TPSA) is 55.3 Å². The lowest BCUT2D eigenvalue weighted by atomic mass is 9.95. The third kappa shape index (κ3) is 3.89. The van der Waals surface area contributed by atoms with Crippen LogP contribution in [-0.4, -0.2) is 36.1 Å². The van der Waals surface area contributed by atoms with E-state index in [4.69, 9.17) is 0 Å². The SMILES string of the molecule is COC(=O)CC1CN(c2cncc(-c3ccnc(C(F)(F)F)c3)c2)C1. The molecule has 0 aliphatic carbocycles. The number of hydrogen-bond acceptors (Lipinski definition) is 5. The summed E-state index contributed by atoms with van der Waals surface area (Å²) in [6.07, 6.45) is 0.189. The van der Waals surface area contributed by atoms with E-state index in [2.05, 4.69) is 14.7 Å². The highest BCUT2D eigenvalue weighted by atomic mass is 19.4. The Hall–Kier alpha value is -2.64. The molecule has 0 amide bonds. The van der Waals surface area contributed by atoms with Gasteiger partial charge in [0.25, 0.3) is 0 Å². The van der Waals surface area contributed by atoms with Gasteiger partial charge in [-0.3, -0.25) is 14.8 Å². The van der Waals surface area contributed by atoms with Crippen molar-refractivity contribution in [3.8, 4) is 11.1 Å². The average Bonchev–Trinajstić information content (AvgIpc) is 2.57. The third-order valence-corrected chi connectivity index (χ3v) is 4.11. The first-order chi connectivity index (χ1) is 11.9. The minimum absolute atomic E-state index is 0.217. The molecule has 0 bridgehead atoms. The van der Waals surface area contributed by atoms with Crippen LogP contribution >= 0.6 is 0 Å². The monoisotopic (exact) mass is 351 g/mol. The van der Waals surface area contributed by atoms with E-state index < -0.39 is 11.9 Å². The van der Waals surface area contributed by atoms with Gasteiger partial charge in [-0.25, -0.2) is 0 Å². The summed E-state index contributed by atoms with van der Waals surface area (Å²) in [6.45, 7) is 1.37. The summed E-state index contributed by atoms with van der Waals surface area (Å²) in [6, 6.07) is 4.32. The Morgan fingerprint density at radius 3 is 2.72 bits per heavy atom. The zero-order valence-corrected chi connectivity index (χ0v) is 13.5. The van der Waals surface area contributed by atoms with Crippen molar-refractivity contribution >= 4 is 11.7 Å². The van der Waals surface area contributed by atoms with Crippen molar-refractivity contribution in [3.05, 3.63) is 42.5 Å². The second-order valence-electron chi connectivity index (χ2n) is 5.91. The summed E-state index contributed by atoms with van der Waals surface area (Å²) in [4.78, 5) is 20.8. The largest absolute Gasteiger partial charge is 0.469 e. The summed E-state index contributed by atoms with van der Waals surface area (Å²) in [5.74, 6) is -0.0261. The molecule has 0 unspecified atom stereocenters. The molecule has 1 saturated heterocycles. The van der Waals surface area contributed by atoms with Crippen LogP contribution in [0.2, 0.25) is 0 Å². The molecule has 3 heterocycles. The molecule has 0 spiro atoms. The van der Waals surface area contributed by atoms with Gasteiger partial charge in [0, 0.05) is 37.0 Å². The zero-order valence-electron chi connectivity index (χ0n) is 13.5. The maximum atomic E-state index is 12.8. The van der Waals surface area contributed by atoms with E-state index in [0.717, 1.165) is 18.0 Å². The summed E-state index contributed by atoms with van der Waals surface area (Å²) >= 11 is 0. The first kappa shape index (κ1) is 17.2. The molecule has 2 aromatic heterocycles. The summed E-state index contributed by atoms with van der Waals surface area (Å²) < 4.78 is 43.1. The number of hydrogen-bond donors (Lipinski definition) is 0. The van der Waals surface area contributed by atoms with E-state index in [1.165, 1.54) is 19.4 Å². The molecule has 0 radical (unpaired) electrons. The Morgan fingerprint density at radius 2 is 2.04 bits per heavy atom. The maximum absolute atomic E-state index is 12.8. The highest BCUT2D eigenvalue weighted by molar-refractivity contribution is 5.71. The van der Waals surface area contributed by atoms with Gasteiger partial charge in [-0.15, -0.1) is 0 Å². The predicted molar refractivity (Wildman–Crippen MR) is 84.8 cm³/mol. The molecule has 0 N–H and O–H groups in total. The molecular formula is C17H16F3N3O2. The van der Waals surface area contributed by atoms with Crippen LogP contribution in [0, 0.1) is 5.92 Å². The zero-order chi connectivity index (χ0) is 18.0. The number of alkyl halides is 3. The third-order valence-electron chi connectivity index (χ3n) is 4.11. The minimum Gasteiger partial charge on any atom is -0.469 e. The van der Waals surface area contributed by atoms with E-state index in [1.54, 1.807) is 12.3 Å². The normalized spacial score (nSPS) is 15.0. The Morgan fingerprint density at radius 1 is 1.28 bits per heavy atom. The highest BCUT2D eigenvalue weighted by Gasteiger charge is 2.33. The van der Waals surface area contributed by atoms with Gasteiger partial charge in [0.2, 0.25) is 0 Å². The standard InChI is InChI=1S/C17H16F3N3O2/c1-25-16(24)4-11-9-23(10-11)14-5-13(7-21-8-14)12-2-3-22-15(6-12)17(18,19)20/h2-3,5-8,11H,4,9-10H2,1H3. The molecule has 1 fully saturated rings. The minimum atomic E-state index is -4.49. The summed E-state index contributed by atoms with van der Waals surface area (Å²) in [5.41, 5.74) is 0.867. The second-order valence-corrected chi connectivity index (χ2v) is 5.91. The Kier molecular flexibility index (Phi) is 4.61. The first-order valence-electron chi connectivity index (χ1n) is 7.67. The van der Waals surface area contributed by atoms with Gasteiger partial charge in [0.05, 0.1) is 25.4 Å². The quantitative estimate of drug-likeness (QED) is 0.792. The van der Waals surface area contributed by atoms with Gasteiger partial charge in [0.1, 0.15) is 5.69 Å². The molecule has 0 atom stereocenters. The van der Waals surface area contributed by atoms with Crippen molar-refractivity contribution in [1.29, 1.82) is 0 Å². The Labute approximate surface area is 142 Å².